The highest BCUT2D eigenvalue weighted by atomic mass is 16.5. The maximum atomic E-state index is 12.4. The average Bonchev–Trinajstić information content (AvgIpc) is 3.30. The molecule has 0 aliphatic rings. The molecule has 0 radical (unpaired) electrons. The van der Waals surface area contributed by atoms with Crippen LogP contribution in [-0.2, 0) is 17.8 Å². The highest BCUT2D eigenvalue weighted by Crippen LogP contribution is 2.16. The molecule has 4 aromatic rings. The van der Waals surface area contributed by atoms with Crippen molar-refractivity contribution in [1.82, 2.24) is 9.55 Å². The minimum Gasteiger partial charge on any atom is -0.497 e. The third-order valence-electron chi connectivity index (χ3n) is 5.28. The Bertz CT molecular complexity index is 1280. The summed E-state index contributed by atoms with van der Waals surface area (Å²) in [4.78, 5) is 29.0. The molecule has 0 saturated heterocycles. The predicted molar refractivity (Wildman–Crippen MR) is 132 cm³/mol. The lowest BCUT2D eigenvalue weighted by Gasteiger charge is -2.08. The number of methoxy groups -OCH3 is 1. The van der Waals surface area contributed by atoms with Gasteiger partial charge in [0.25, 0.3) is 5.91 Å². The second-order valence-electron chi connectivity index (χ2n) is 8.02. The molecule has 2 N–H and O–H groups in total. The minimum atomic E-state index is -0.253. The third-order valence-corrected chi connectivity index (χ3v) is 5.28. The fraction of sp³-hybridized carbons (Fsp3) is 0.148. The van der Waals surface area contributed by atoms with Gasteiger partial charge in [-0.2, -0.15) is 0 Å². The number of aromatic nitrogens is 2. The summed E-state index contributed by atoms with van der Waals surface area (Å²) < 4.78 is 7.05. The van der Waals surface area contributed by atoms with Gasteiger partial charge in [0.2, 0.25) is 5.91 Å². The van der Waals surface area contributed by atoms with Crippen LogP contribution in [0.2, 0.25) is 0 Å². The quantitative estimate of drug-likeness (QED) is 0.405. The summed E-state index contributed by atoms with van der Waals surface area (Å²) in [5, 5.41) is 5.76. The molecular formula is C27H26N4O3. The topological polar surface area (TPSA) is 85.2 Å². The fourth-order valence-electron chi connectivity index (χ4n) is 3.47. The van der Waals surface area contributed by atoms with Crippen LogP contribution in [-0.4, -0.2) is 28.5 Å². The van der Waals surface area contributed by atoms with E-state index in [9.17, 15) is 9.59 Å². The number of aryl methyl sites for hydroxylation is 1. The van der Waals surface area contributed by atoms with Gasteiger partial charge in [-0.3, -0.25) is 9.59 Å². The number of amides is 2. The Morgan fingerprint density at radius 2 is 1.62 bits per heavy atom. The van der Waals surface area contributed by atoms with Crippen molar-refractivity contribution in [2.45, 2.75) is 19.9 Å². The standard InChI is InChI=1S/C27H26N4O3/c1-19-6-10-23(11-7-19)30-27(33)25-17-31(18-28-25)16-20-8-12-22(13-9-20)29-26(32)15-21-4-3-5-24(14-21)34-2/h3-14,17-18H,15-16H2,1-2H3,(H,29,32)(H,30,33). The zero-order valence-corrected chi connectivity index (χ0v) is 19.1. The first-order valence-electron chi connectivity index (χ1n) is 10.9. The van der Waals surface area contributed by atoms with E-state index in [1.165, 1.54) is 0 Å². The monoisotopic (exact) mass is 454 g/mol. The Morgan fingerprint density at radius 1 is 0.912 bits per heavy atom. The van der Waals surface area contributed by atoms with E-state index in [-0.39, 0.29) is 18.2 Å². The van der Waals surface area contributed by atoms with E-state index in [1.807, 2.05) is 84.3 Å². The highest BCUT2D eigenvalue weighted by molar-refractivity contribution is 6.02. The van der Waals surface area contributed by atoms with Crippen LogP contribution < -0.4 is 15.4 Å². The van der Waals surface area contributed by atoms with E-state index in [0.29, 0.717) is 12.2 Å². The molecule has 3 aromatic carbocycles. The normalized spacial score (nSPS) is 10.5. The lowest BCUT2D eigenvalue weighted by atomic mass is 10.1. The van der Waals surface area contributed by atoms with E-state index in [4.69, 9.17) is 4.74 Å². The second kappa shape index (κ2) is 10.5. The molecule has 0 fully saturated rings. The number of nitrogens with zero attached hydrogens (tertiary/aromatic N) is 2. The number of imidazole rings is 1. The average molecular weight is 455 g/mol. The number of carbonyl (C=O) groups excluding carboxylic acids is 2. The number of anilines is 2. The summed E-state index contributed by atoms with van der Waals surface area (Å²) >= 11 is 0. The van der Waals surface area contributed by atoms with Crippen LogP contribution in [0.25, 0.3) is 0 Å². The van der Waals surface area contributed by atoms with Crippen molar-refractivity contribution in [3.05, 3.63) is 108 Å². The first-order valence-corrected chi connectivity index (χ1v) is 10.9. The van der Waals surface area contributed by atoms with Crippen molar-refractivity contribution < 1.29 is 14.3 Å². The van der Waals surface area contributed by atoms with Crippen molar-refractivity contribution in [3.63, 3.8) is 0 Å². The lowest BCUT2D eigenvalue weighted by molar-refractivity contribution is -0.115. The number of carbonyl (C=O) groups is 2. The Hall–Kier alpha value is -4.39. The highest BCUT2D eigenvalue weighted by Gasteiger charge is 2.10. The smallest absolute Gasteiger partial charge is 0.275 e. The molecule has 1 heterocycles. The van der Waals surface area contributed by atoms with Crippen LogP contribution in [0, 0.1) is 6.92 Å². The van der Waals surface area contributed by atoms with Crippen LogP contribution in [0.5, 0.6) is 5.75 Å². The van der Waals surface area contributed by atoms with Crippen molar-refractivity contribution in [1.29, 1.82) is 0 Å². The SMILES string of the molecule is COc1cccc(CC(=O)Nc2ccc(Cn3cnc(C(=O)Nc4ccc(C)cc4)c3)cc2)c1. The number of hydrogen-bond acceptors (Lipinski definition) is 4. The molecule has 2 amide bonds. The van der Waals surface area contributed by atoms with E-state index in [1.54, 1.807) is 19.6 Å². The number of nitrogens with one attached hydrogen (secondary N) is 2. The fourth-order valence-corrected chi connectivity index (χ4v) is 3.47. The molecule has 172 valence electrons. The van der Waals surface area contributed by atoms with Crippen molar-refractivity contribution in [2.24, 2.45) is 0 Å². The third kappa shape index (κ3) is 6.10. The summed E-state index contributed by atoms with van der Waals surface area (Å²) in [6.45, 7) is 2.55. The van der Waals surface area contributed by atoms with Crippen LogP contribution in [0.15, 0.2) is 85.3 Å². The van der Waals surface area contributed by atoms with Gasteiger partial charge >= 0.3 is 0 Å². The number of rotatable bonds is 8. The number of hydrogen-bond donors (Lipinski definition) is 2. The lowest BCUT2D eigenvalue weighted by Crippen LogP contribution is -2.14. The van der Waals surface area contributed by atoms with Crippen molar-refractivity contribution in [2.75, 3.05) is 17.7 Å². The van der Waals surface area contributed by atoms with Gasteiger partial charge in [-0.05, 0) is 54.4 Å². The van der Waals surface area contributed by atoms with E-state index in [2.05, 4.69) is 15.6 Å². The van der Waals surface area contributed by atoms with Crippen LogP contribution in [0.4, 0.5) is 11.4 Å². The van der Waals surface area contributed by atoms with Gasteiger partial charge in [-0.15, -0.1) is 0 Å². The maximum absolute atomic E-state index is 12.4. The van der Waals surface area contributed by atoms with E-state index in [0.717, 1.165) is 33.8 Å². The molecule has 0 saturated carbocycles. The van der Waals surface area contributed by atoms with E-state index >= 15 is 0 Å². The van der Waals surface area contributed by atoms with Crippen LogP contribution in [0.1, 0.15) is 27.2 Å². The van der Waals surface area contributed by atoms with Gasteiger partial charge in [0.1, 0.15) is 11.4 Å². The Morgan fingerprint density at radius 3 is 2.35 bits per heavy atom. The molecule has 0 atom stereocenters. The summed E-state index contributed by atoms with van der Waals surface area (Å²) in [5.74, 6) is 0.376. The molecule has 0 aliphatic carbocycles. The predicted octanol–water partition coefficient (Wildman–Crippen LogP) is 4.68. The molecule has 0 unspecified atom stereocenters. The second-order valence-corrected chi connectivity index (χ2v) is 8.02. The van der Waals surface area contributed by atoms with Crippen molar-refractivity contribution in [3.8, 4) is 5.75 Å². The molecule has 7 nitrogen and oxygen atoms in total. The largest absolute Gasteiger partial charge is 0.497 e. The van der Waals surface area contributed by atoms with E-state index < -0.39 is 0 Å². The van der Waals surface area contributed by atoms with Gasteiger partial charge in [-0.1, -0.05) is 42.0 Å². The molecule has 0 spiro atoms. The molecule has 0 aliphatic heterocycles. The van der Waals surface area contributed by atoms with Gasteiger partial charge in [0.05, 0.1) is 19.9 Å². The zero-order valence-electron chi connectivity index (χ0n) is 19.1. The summed E-state index contributed by atoms with van der Waals surface area (Å²) in [6.07, 6.45) is 3.61. The van der Waals surface area contributed by atoms with Crippen LogP contribution in [0.3, 0.4) is 0 Å². The Kier molecular flexibility index (Phi) is 7.03. The molecule has 0 bridgehead atoms. The maximum Gasteiger partial charge on any atom is 0.275 e. The molecule has 34 heavy (non-hydrogen) atoms. The van der Waals surface area contributed by atoms with Gasteiger partial charge in [0.15, 0.2) is 0 Å². The van der Waals surface area contributed by atoms with Crippen LogP contribution >= 0.6 is 0 Å². The first-order chi connectivity index (χ1) is 16.5. The number of benzene rings is 3. The molecule has 4 rings (SSSR count). The van der Waals surface area contributed by atoms with Gasteiger partial charge in [-0.25, -0.2) is 4.98 Å². The summed E-state index contributed by atoms with van der Waals surface area (Å²) in [5.41, 5.74) is 4.84. The number of ether oxygens (including phenoxy) is 1. The molecular weight excluding hydrogens is 428 g/mol. The molecule has 7 heteroatoms. The van der Waals surface area contributed by atoms with Crippen molar-refractivity contribution >= 4 is 23.2 Å². The van der Waals surface area contributed by atoms with Gasteiger partial charge < -0.3 is 19.9 Å². The Labute approximate surface area is 198 Å². The zero-order chi connectivity index (χ0) is 23.9. The Balaban J connectivity index is 1.31. The van der Waals surface area contributed by atoms with Gasteiger partial charge in [0, 0.05) is 24.1 Å². The summed E-state index contributed by atoms with van der Waals surface area (Å²) in [7, 11) is 1.60. The minimum absolute atomic E-state index is 0.0974. The first kappa shape index (κ1) is 22.8. The molecule has 1 aromatic heterocycles. The summed E-state index contributed by atoms with van der Waals surface area (Å²) in [6, 6.07) is 22.7.